The molecule has 78 heavy (non-hydrogen) atoms. The molecule has 0 spiro atoms. The van der Waals surface area contributed by atoms with Crippen LogP contribution in [0.3, 0.4) is 0 Å². The van der Waals surface area contributed by atoms with Gasteiger partial charge in [0.1, 0.15) is 11.2 Å². The molecule has 18 nitrogen and oxygen atoms in total. The van der Waals surface area contributed by atoms with E-state index in [9.17, 15) is 26.4 Å². The summed E-state index contributed by atoms with van der Waals surface area (Å²) in [5.41, 5.74) is 7.65. The van der Waals surface area contributed by atoms with Crippen molar-refractivity contribution in [3.05, 3.63) is 149 Å². The molecule has 3 N–H and O–H groups in total. The van der Waals surface area contributed by atoms with Gasteiger partial charge in [-0.15, -0.1) is 0 Å². The van der Waals surface area contributed by atoms with Gasteiger partial charge in [0.05, 0.1) is 54.7 Å². The predicted octanol–water partition coefficient (Wildman–Crippen LogP) is 11.6. The third-order valence-corrected chi connectivity index (χ3v) is 16.1. The fourth-order valence-corrected chi connectivity index (χ4v) is 11.8. The van der Waals surface area contributed by atoms with Crippen molar-refractivity contribution in [2.45, 2.75) is 94.9 Å². The number of hydrogen-bond acceptors (Lipinski definition) is 14. The molecule has 2 atom stereocenters. The number of likely N-dealkylation sites (tertiary alicyclic amines) is 2. The highest BCUT2D eigenvalue weighted by atomic mass is 35.5. The first-order valence-corrected chi connectivity index (χ1v) is 28.4. The third kappa shape index (κ3) is 13.7. The van der Waals surface area contributed by atoms with Crippen molar-refractivity contribution in [1.82, 2.24) is 37.7 Å². The maximum Gasteiger partial charge on any atom is 0.410 e. The Bertz CT molecular complexity index is 3670. The van der Waals surface area contributed by atoms with E-state index in [0.717, 1.165) is 13.0 Å². The van der Waals surface area contributed by atoms with Crippen molar-refractivity contribution in [2.75, 3.05) is 31.5 Å². The Labute approximate surface area is 469 Å². The summed E-state index contributed by atoms with van der Waals surface area (Å²) in [6.45, 7) is 13.4. The van der Waals surface area contributed by atoms with Gasteiger partial charge in [0.15, 0.2) is 0 Å². The van der Waals surface area contributed by atoms with Gasteiger partial charge < -0.3 is 30.3 Å². The molecule has 2 fully saturated rings. The maximum absolute atomic E-state index is 13.5. The molecule has 2 amide bonds. The summed E-state index contributed by atoms with van der Waals surface area (Å²) in [4.78, 5) is 44.6. The molecule has 4 aromatic heterocycles. The second-order valence-corrected chi connectivity index (χ2v) is 24.9. The van der Waals surface area contributed by atoms with Gasteiger partial charge in [-0.3, -0.25) is 0 Å². The molecule has 2 saturated heterocycles. The lowest BCUT2D eigenvalue weighted by molar-refractivity contribution is 0.0282. The zero-order valence-corrected chi connectivity index (χ0v) is 46.9. The van der Waals surface area contributed by atoms with Crippen molar-refractivity contribution in [3.63, 3.8) is 0 Å². The van der Waals surface area contributed by atoms with E-state index in [2.05, 4.69) is 25.3 Å². The number of halogens is 3. The van der Waals surface area contributed by atoms with Crippen LogP contribution in [-0.4, -0.2) is 116 Å². The first kappa shape index (κ1) is 58.9. The van der Waals surface area contributed by atoms with E-state index in [1.165, 1.54) is 26.5 Å². The molecule has 412 valence electrons. The first-order chi connectivity index (χ1) is 36.4. The lowest BCUT2D eigenvalue weighted by atomic mass is 10.1. The van der Waals surface area contributed by atoms with Gasteiger partial charge in [-0.05, 0) is 102 Å². The van der Waals surface area contributed by atoms with E-state index in [1.54, 1.807) is 101 Å². The van der Waals surface area contributed by atoms with Crippen LogP contribution in [0.25, 0.3) is 44.3 Å². The number of amides is 2. The smallest absolute Gasteiger partial charge is 0.410 e. The fourth-order valence-electron chi connectivity index (χ4n) is 8.48. The fraction of sp³-hybridized carbons (Fsp3) is 0.309. The Morgan fingerprint density at radius 3 is 1.49 bits per heavy atom. The molecule has 4 aromatic carbocycles. The Morgan fingerprint density at radius 1 is 0.603 bits per heavy atom. The van der Waals surface area contributed by atoms with Crippen LogP contribution in [0.1, 0.15) is 61.8 Å². The highest BCUT2D eigenvalue weighted by molar-refractivity contribution is 7.90. The largest absolute Gasteiger partial charge is 0.444 e. The Balaban J connectivity index is 0.000000190. The molecule has 6 heterocycles. The van der Waals surface area contributed by atoms with Crippen LogP contribution in [0, 0.1) is 0 Å². The second kappa shape index (κ2) is 24.1. The van der Waals surface area contributed by atoms with Crippen molar-refractivity contribution in [2.24, 2.45) is 5.73 Å². The Morgan fingerprint density at radius 2 is 1.03 bits per heavy atom. The number of anilines is 1. The molecule has 8 aromatic rings. The number of hydrogen-bond donors (Lipinski definition) is 2. The van der Waals surface area contributed by atoms with E-state index >= 15 is 0 Å². The van der Waals surface area contributed by atoms with E-state index in [-0.39, 0.29) is 56.8 Å². The highest BCUT2D eigenvalue weighted by Crippen LogP contribution is 2.38. The van der Waals surface area contributed by atoms with Crippen molar-refractivity contribution in [3.8, 4) is 22.5 Å². The average molecular weight is 1160 g/mol. The molecule has 2 aliphatic rings. The lowest BCUT2D eigenvalue weighted by Crippen LogP contribution is -2.36. The summed E-state index contributed by atoms with van der Waals surface area (Å²) in [6, 6.07) is 30.9. The molecule has 0 unspecified atom stereocenters. The minimum absolute atomic E-state index is 0. The number of nitrogens with two attached hydrogens (primary N) is 1. The lowest BCUT2D eigenvalue weighted by Gasteiger charge is -2.24. The molecule has 0 saturated carbocycles. The molecule has 0 bridgehead atoms. The number of nitrogens with zero attached hydrogens (tertiary/aromatic N) is 8. The number of ether oxygens (including phenoxy) is 2. The number of benzene rings is 4. The molecular formula is C55H61Cl3N10O8S2. The summed E-state index contributed by atoms with van der Waals surface area (Å²) in [5.74, 6) is 0.336. The first-order valence-electron chi connectivity index (χ1n) is 24.4. The second-order valence-electron chi connectivity index (χ2n) is 20.1. The van der Waals surface area contributed by atoms with E-state index in [1.807, 2.05) is 65.8 Å². The highest BCUT2D eigenvalue weighted by Gasteiger charge is 2.32. The summed E-state index contributed by atoms with van der Waals surface area (Å²) in [6.07, 6.45) is 6.92. The van der Waals surface area contributed by atoms with Crippen LogP contribution in [0.15, 0.2) is 144 Å². The van der Waals surface area contributed by atoms with Gasteiger partial charge in [-0.25, -0.2) is 54.3 Å². The van der Waals surface area contributed by atoms with E-state index < -0.39 is 31.2 Å². The van der Waals surface area contributed by atoms with Gasteiger partial charge in [0, 0.05) is 72.6 Å². The van der Waals surface area contributed by atoms with Crippen LogP contribution in [0.2, 0.25) is 15.3 Å². The number of rotatable bonds is 8. The number of carbonyl (C=O) groups excluding carboxylic acids is 2. The summed E-state index contributed by atoms with van der Waals surface area (Å²) in [5, 5.41) is 5.28. The third-order valence-electron chi connectivity index (χ3n) is 12.0. The minimum Gasteiger partial charge on any atom is -0.444 e. The zero-order chi connectivity index (χ0) is 55.5. The quantitative estimate of drug-likeness (QED) is 0.135. The van der Waals surface area contributed by atoms with Crippen LogP contribution in [-0.2, 0) is 29.5 Å². The molecule has 0 radical (unpaired) electrons. The van der Waals surface area contributed by atoms with Crippen LogP contribution in [0.5, 0.6) is 0 Å². The van der Waals surface area contributed by atoms with Crippen molar-refractivity contribution >= 4 is 94.8 Å². The van der Waals surface area contributed by atoms with Gasteiger partial charge in [0.25, 0.3) is 20.0 Å². The number of carbonyl (C=O) groups is 2. The number of fused-ring (bicyclic) bond motifs is 2. The number of para-hydroxylation sites is 2. The van der Waals surface area contributed by atoms with Crippen LogP contribution >= 0.6 is 34.8 Å². The number of nitrogens with one attached hydrogen (secondary N) is 1. The maximum atomic E-state index is 13.5. The van der Waals surface area contributed by atoms with Crippen LogP contribution < -0.4 is 11.1 Å². The monoisotopic (exact) mass is 1160 g/mol. The van der Waals surface area contributed by atoms with Gasteiger partial charge in [-0.2, -0.15) is 0 Å². The Hall–Kier alpha value is -6.81. The normalized spacial score (nSPS) is 15.7. The molecule has 2 aliphatic heterocycles. The zero-order valence-electron chi connectivity index (χ0n) is 43.0. The topological polar surface area (TPSA) is 227 Å². The predicted molar refractivity (Wildman–Crippen MR) is 306 cm³/mol. The molecular weight excluding hydrogens is 1100 g/mol. The summed E-state index contributed by atoms with van der Waals surface area (Å²) < 4.78 is 66.4. The van der Waals surface area contributed by atoms with Crippen molar-refractivity contribution < 1.29 is 35.9 Å². The molecule has 10 rings (SSSR count). The van der Waals surface area contributed by atoms with Crippen molar-refractivity contribution in [1.29, 1.82) is 0 Å². The molecule has 23 heteroatoms. The van der Waals surface area contributed by atoms with E-state index in [4.69, 9.17) is 50.0 Å². The van der Waals surface area contributed by atoms with Gasteiger partial charge in [-0.1, -0.05) is 103 Å². The Kier molecular flexibility index (Phi) is 18.2. The summed E-state index contributed by atoms with van der Waals surface area (Å²) >= 11 is 18.7. The summed E-state index contributed by atoms with van der Waals surface area (Å²) in [7, 11) is -7.64. The SMILES string of the molecule is C.CC(C)(C)OC(=O)N1CC[C@@H](N)C1.CC(C)(C)OC(=O)N1CC[C@@H](Nc2ncc(Cl)c(-c3cn(S(=O)(=O)c4ccccc4)c4ccccc34)n2)C1.O=S(=O)(c1ccccc1)n1cc(-c2nc(Cl)ncc2Cl)c2ccccc21. The van der Waals surface area contributed by atoms with E-state index in [0.29, 0.717) is 76.3 Å². The molecule has 0 aliphatic carbocycles. The van der Waals surface area contributed by atoms with Gasteiger partial charge >= 0.3 is 12.2 Å². The minimum atomic E-state index is -3.86. The number of aromatic nitrogens is 6. The standard InChI is InChI=1S/C27H28ClN5O4S.C18H11Cl2N3O2S.C9H18N2O2.CH4/c1-27(2,3)37-26(34)32-14-13-18(16-32)30-25-29-15-22(28)24(31-25)21-17-33(23-12-8-7-11-20(21)23)38(35,36)19-9-5-4-6-10-19;19-15-10-21-18(20)22-17(15)14-11-23(16-9-5-4-8-13(14)16)26(24,25)12-6-2-1-3-7-12;1-9(2,3)13-8(12)11-5-4-7(10)6-11;/h4-12,15,17-18H,13-14,16H2,1-3H3,(H,29,30,31);1-11H;7H,4-6,10H2,1-3H3;1H4/t18-;;7-;/m1.1./s1. The van der Waals surface area contributed by atoms with Gasteiger partial charge in [0.2, 0.25) is 11.2 Å². The average Bonchev–Trinajstić information content (AvgIpc) is 4.43. The van der Waals surface area contributed by atoms with Crippen LogP contribution in [0.4, 0.5) is 15.5 Å².